The van der Waals surface area contributed by atoms with Crippen LogP contribution in [0.25, 0.3) is 0 Å². The molecule has 6 nitrogen and oxygen atoms in total. The minimum atomic E-state index is -4.05. The van der Waals surface area contributed by atoms with E-state index in [1.807, 2.05) is 37.3 Å². The number of hydrogen-bond donors (Lipinski definition) is 1. The summed E-state index contributed by atoms with van der Waals surface area (Å²) in [6.45, 7) is 5.63. The van der Waals surface area contributed by atoms with Crippen LogP contribution in [0, 0.1) is 12.8 Å². The van der Waals surface area contributed by atoms with Gasteiger partial charge in [0, 0.05) is 0 Å². The van der Waals surface area contributed by atoms with Gasteiger partial charge in [0.05, 0.1) is 28.8 Å². The number of nitrogens with one attached hydrogen (secondary N) is 1. The second-order valence-electron chi connectivity index (χ2n) is 8.80. The molecule has 0 aliphatic heterocycles. The molecule has 0 bridgehead atoms. The zero-order valence-electron chi connectivity index (χ0n) is 20.4. The third kappa shape index (κ3) is 6.77. The summed E-state index contributed by atoms with van der Waals surface area (Å²) in [5.74, 6) is 0.323. The SMILES string of the molecule is COc1ccc(N(CC(=O)N[C@@H](CC(C)C)c2ccccc2)S(=O)(=O)c2ccc(C)cc2)cc1Cl. The summed E-state index contributed by atoms with van der Waals surface area (Å²) in [7, 11) is -2.57. The number of amides is 1. The van der Waals surface area contributed by atoms with Crippen LogP contribution in [0.1, 0.15) is 37.4 Å². The van der Waals surface area contributed by atoms with Crippen molar-refractivity contribution in [3.8, 4) is 5.75 Å². The summed E-state index contributed by atoms with van der Waals surface area (Å²) in [5.41, 5.74) is 2.17. The van der Waals surface area contributed by atoms with Gasteiger partial charge in [-0.3, -0.25) is 9.10 Å². The summed E-state index contributed by atoms with van der Waals surface area (Å²) >= 11 is 6.30. The summed E-state index contributed by atoms with van der Waals surface area (Å²) < 4.78 is 33.6. The Hall–Kier alpha value is -3.03. The fourth-order valence-corrected chi connectivity index (χ4v) is 5.43. The quantitative estimate of drug-likeness (QED) is 0.373. The molecule has 1 N–H and O–H groups in total. The lowest BCUT2D eigenvalue weighted by atomic mass is 9.97. The second-order valence-corrected chi connectivity index (χ2v) is 11.1. The van der Waals surface area contributed by atoms with Gasteiger partial charge in [-0.25, -0.2) is 8.42 Å². The van der Waals surface area contributed by atoms with Gasteiger partial charge in [-0.15, -0.1) is 0 Å². The Morgan fingerprint density at radius 3 is 2.26 bits per heavy atom. The topological polar surface area (TPSA) is 75.7 Å². The van der Waals surface area contributed by atoms with Gasteiger partial charge in [0.1, 0.15) is 12.3 Å². The maximum absolute atomic E-state index is 13.7. The number of anilines is 1. The molecule has 0 saturated heterocycles. The van der Waals surface area contributed by atoms with Crippen LogP contribution >= 0.6 is 11.6 Å². The Kier molecular flexibility index (Phi) is 8.81. The van der Waals surface area contributed by atoms with E-state index >= 15 is 0 Å². The van der Waals surface area contributed by atoms with E-state index in [4.69, 9.17) is 16.3 Å². The number of halogens is 1. The summed E-state index contributed by atoms with van der Waals surface area (Å²) in [6.07, 6.45) is 0.717. The number of benzene rings is 3. The molecular weight excluding hydrogens is 484 g/mol. The monoisotopic (exact) mass is 514 g/mol. The average Bonchev–Trinajstić information content (AvgIpc) is 2.82. The Balaban J connectivity index is 1.96. The number of sulfonamides is 1. The molecule has 3 aromatic carbocycles. The Morgan fingerprint density at radius 2 is 1.69 bits per heavy atom. The van der Waals surface area contributed by atoms with Gasteiger partial charge in [0.15, 0.2) is 0 Å². The van der Waals surface area contributed by atoms with Gasteiger partial charge in [0.2, 0.25) is 5.91 Å². The lowest BCUT2D eigenvalue weighted by Gasteiger charge is -2.27. The Labute approximate surface area is 212 Å². The third-order valence-corrected chi connectivity index (χ3v) is 7.65. The molecule has 0 radical (unpaired) electrons. The van der Waals surface area contributed by atoms with E-state index in [1.54, 1.807) is 24.3 Å². The number of carbonyl (C=O) groups is 1. The molecule has 1 atom stereocenters. The molecule has 0 spiro atoms. The molecular formula is C27H31ClN2O4S. The molecule has 0 saturated carbocycles. The van der Waals surface area contributed by atoms with Crippen molar-refractivity contribution in [3.05, 3.63) is 88.9 Å². The number of aryl methyl sites for hydroxylation is 1. The maximum Gasteiger partial charge on any atom is 0.264 e. The van der Waals surface area contributed by atoms with E-state index in [0.29, 0.717) is 11.7 Å². The van der Waals surface area contributed by atoms with Gasteiger partial charge in [-0.2, -0.15) is 0 Å². The van der Waals surface area contributed by atoms with Crippen molar-refractivity contribution >= 4 is 33.2 Å². The average molecular weight is 515 g/mol. The first-order chi connectivity index (χ1) is 16.6. The standard InChI is InChI=1S/C27H31ClN2O4S/c1-19(2)16-25(21-8-6-5-7-9-21)29-27(31)18-30(22-12-15-26(34-4)24(28)17-22)35(32,33)23-13-10-20(3)11-14-23/h5-15,17,19,25H,16,18H2,1-4H3,(H,29,31)/t25-/m0/s1. The van der Waals surface area contributed by atoms with Crippen LogP contribution in [0.3, 0.4) is 0 Å². The number of ether oxygens (including phenoxy) is 1. The molecule has 3 rings (SSSR count). The van der Waals surface area contributed by atoms with Crippen molar-refractivity contribution in [1.29, 1.82) is 0 Å². The highest BCUT2D eigenvalue weighted by atomic mass is 35.5. The first kappa shape index (κ1) is 26.6. The molecule has 186 valence electrons. The minimum Gasteiger partial charge on any atom is -0.495 e. The highest BCUT2D eigenvalue weighted by molar-refractivity contribution is 7.92. The van der Waals surface area contributed by atoms with Gasteiger partial charge in [-0.05, 0) is 55.2 Å². The van der Waals surface area contributed by atoms with Gasteiger partial charge in [-0.1, -0.05) is 73.5 Å². The van der Waals surface area contributed by atoms with Crippen LogP contribution in [0.15, 0.2) is 77.7 Å². The summed E-state index contributed by atoms with van der Waals surface area (Å²) in [5, 5.41) is 3.28. The van der Waals surface area contributed by atoms with Gasteiger partial charge >= 0.3 is 0 Å². The fourth-order valence-electron chi connectivity index (χ4n) is 3.77. The lowest BCUT2D eigenvalue weighted by molar-refractivity contribution is -0.120. The Morgan fingerprint density at radius 1 is 1.03 bits per heavy atom. The van der Waals surface area contributed by atoms with Crippen molar-refractivity contribution in [1.82, 2.24) is 5.32 Å². The van der Waals surface area contributed by atoms with Crippen molar-refractivity contribution in [3.63, 3.8) is 0 Å². The van der Waals surface area contributed by atoms with E-state index in [0.717, 1.165) is 21.9 Å². The van der Waals surface area contributed by atoms with Crippen LogP contribution in [0.4, 0.5) is 5.69 Å². The van der Waals surface area contributed by atoms with Crippen molar-refractivity contribution in [2.24, 2.45) is 5.92 Å². The normalized spacial score (nSPS) is 12.3. The zero-order valence-corrected chi connectivity index (χ0v) is 21.9. The van der Waals surface area contributed by atoms with E-state index in [9.17, 15) is 13.2 Å². The molecule has 0 unspecified atom stereocenters. The molecule has 8 heteroatoms. The Bertz CT molecular complexity index is 1250. The van der Waals surface area contributed by atoms with E-state index in [-0.39, 0.29) is 21.6 Å². The summed E-state index contributed by atoms with van der Waals surface area (Å²) in [6, 6.07) is 20.6. The molecule has 35 heavy (non-hydrogen) atoms. The zero-order chi connectivity index (χ0) is 25.6. The van der Waals surface area contributed by atoms with Crippen molar-refractivity contribution in [2.75, 3.05) is 18.0 Å². The third-order valence-electron chi connectivity index (χ3n) is 5.56. The van der Waals surface area contributed by atoms with Crippen LogP contribution < -0.4 is 14.4 Å². The van der Waals surface area contributed by atoms with Crippen LogP contribution in [0.2, 0.25) is 5.02 Å². The second kappa shape index (κ2) is 11.6. The highest BCUT2D eigenvalue weighted by Gasteiger charge is 2.29. The highest BCUT2D eigenvalue weighted by Crippen LogP contribution is 2.32. The van der Waals surface area contributed by atoms with E-state index in [1.165, 1.54) is 25.3 Å². The molecule has 0 aliphatic carbocycles. The predicted octanol–water partition coefficient (Wildman–Crippen LogP) is 5.76. The first-order valence-electron chi connectivity index (χ1n) is 11.4. The molecule has 0 heterocycles. The lowest BCUT2D eigenvalue weighted by Crippen LogP contribution is -2.42. The van der Waals surface area contributed by atoms with E-state index in [2.05, 4.69) is 19.2 Å². The molecule has 0 aliphatic rings. The van der Waals surface area contributed by atoms with E-state index < -0.39 is 22.5 Å². The number of methoxy groups -OCH3 is 1. The molecule has 0 aromatic heterocycles. The largest absolute Gasteiger partial charge is 0.495 e. The van der Waals surface area contributed by atoms with Gasteiger partial charge < -0.3 is 10.1 Å². The minimum absolute atomic E-state index is 0.0876. The maximum atomic E-state index is 13.7. The number of rotatable bonds is 10. The van der Waals surface area contributed by atoms with Crippen molar-refractivity contribution in [2.45, 2.75) is 38.1 Å². The van der Waals surface area contributed by atoms with Crippen LogP contribution in [-0.4, -0.2) is 28.0 Å². The predicted molar refractivity (Wildman–Crippen MR) is 140 cm³/mol. The number of hydrogen-bond acceptors (Lipinski definition) is 4. The van der Waals surface area contributed by atoms with Crippen LogP contribution in [0.5, 0.6) is 5.75 Å². The molecule has 3 aromatic rings. The number of carbonyl (C=O) groups excluding carboxylic acids is 1. The van der Waals surface area contributed by atoms with Crippen LogP contribution in [-0.2, 0) is 14.8 Å². The van der Waals surface area contributed by atoms with Crippen molar-refractivity contribution < 1.29 is 17.9 Å². The number of nitrogens with zero attached hydrogens (tertiary/aromatic N) is 1. The van der Waals surface area contributed by atoms with Gasteiger partial charge in [0.25, 0.3) is 10.0 Å². The smallest absolute Gasteiger partial charge is 0.264 e. The summed E-state index contributed by atoms with van der Waals surface area (Å²) in [4.78, 5) is 13.3. The molecule has 1 amide bonds. The fraction of sp³-hybridized carbons (Fsp3) is 0.296. The first-order valence-corrected chi connectivity index (χ1v) is 13.2. The molecule has 0 fully saturated rings.